The average molecular weight is 1630 g/mol. The number of hydrogen-bond donors (Lipinski definition) is 20. The second-order valence-corrected chi connectivity index (χ2v) is 32.1. The highest BCUT2D eigenvalue weighted by Crippen LogP contribution is 2.54. The maximum absolute atomic E-state index is 13.6. The highest BCUT2D eigenvalue weighted by Gasteiger charge is 2.71. The maximum atomic E-state index is 13.6. The number of phenolic OH excluding ortho intramolecular Hbond substituents is 3. The predicted molar refractivity (Wildman–Crippen MR) is 437 cm³/mol. The number of amidine groups is 1. The monoisotopic (exact) mass is 1630 g/mol. The number of fused-ring (bicyclic) bond motifs is 3. The van der Waals surface area contributed by atoms with Crippen LogP contribution in [0.1, 0.15) is 209 Å². The number of aliphatic hydroxyl groups excluding tert-OH is 3. The summed E-state index contributed by atoms with van der Waals surface area (Å²) in [5.41, 5.74) is 20.0. The lowest BCUT2D eigenvalue weighted by Crippen LogP contribution is -2.76. The first-order valence-electron chi connectivity index (χ1n) is 40.7. The molecule has 31 nitrogen and oxygen atoms in total. The predicted octanol–water partition coefficient (Wildman–Crippen LogP) is 6.48. The van der Waals surface area contributed by atoms with Crippen molar-refractivity contribution in [2.75, 3.05) is 59.7 Å². The number of ketones is 3. The fraction of sp³-hybridized carbons (Fsp3) is 0.570. The molecule has 14 rings (SSSR count). The van der Waals surface area contributed by atoms with E-state index in [1.54, 1.807) is 38.1 Å². The van der Waals surface area contributed by atoms with Gasteiger partial charge in [-0.15, -0.1) is 0 Å². The van der Waals surface area contributed by atoms with Gasteiger partial charge in [0, 0.05) is 73.5 Å². The Bertz CT molecular complexity index is 4130. The summed E-state index contributed by atoms with van der Waals surface area (Å²) in [5.74, 6) is -5.23. The van der Waals surface area contributed by atoms with Gasteiger partial charge in [0.2, 0.25) is 5.78 Å². The largest absolute Gasteiger partial charge is 0.508 e. The molecule has 4 aliphatic heterocycles. The summed E-state index contributed by atoms with van der Waals surface area (Å²) in [6.45, 7) is 13.0. The molecule has 0 radical (unpaired) electrons. The Morgan fingerprint density at radius 3 is 1.95 bits per heavy atom. The summed E-state index contributed by atoms with van der Waals surface area (Å²) in [5, 5.41) is 135. The van der Waals surface area contributed by atoms with Crippen LogP contribution in [0.5, 0.6) is 28.7 Å². The van der Waals surface area contributed by atoms with Crippen LogP contribution in [0.2, 0.25) is 0 Å². The highest BCUT2D eigenvalue weighted by molar-refractivity contribution is 6.31. The van der Waals surface area contributed by atoms with Gasteiger partial charge in [-0.2, -0.15) is 0 Å². The van der Waals surface area contributed by atoms with E-state index in [1.165, 1.54) is 107 Å². The number of likely N-dealkylation sites (tertiary alicyclic amines) is 1. The molecule has 12 atom stereocenters. The fourth-order valence-electron chi connectivity index (χ4n) is 17.7. The van der Waals surface area contributed by atoms with Crippen LogP contribution in [0, 0.1) is 41.9 Å². The number of nitrogens with zero attached hydrogens (tertiary/aromatic N) is 1. The number of guanidine groups is 1. The number of ether oxygens (including phenoxy) is 5. The van der Waals surface area contributed by atoms with Gasteiger partial charge in [0.05, 0.1) is 72.1 Å². The van der Waals surface area contributed by atoms with Gasteiger partial charge in [0.25, 0.3) is 0 Å². The highest BCUT2D eigenvalue weighted by atomic mass is 16.7. The van der Waals surface area contributed by atoms with Crippen LogP contribution in [0.3, 0.4) is 0 Å². The number of carboxylic acids is 1. The molecule has 4 heterocycles. The number of Topliss-reactive ketones (excluding diaryl/α,β-unsaturated/α-hetero) is 1. The van der Waals surface area contributed by atoms with Crippen LogP contribution in [0.4, 0.5) is 4.79 Å². The van der Waals surface area contributed by atoms with E-state index >= 15 is 0 Å². The summed E-state index contributed by atoms with van der Waals surface area (Å²) >= 11 is 0. The van der Waals surface area contributed by atoms with Crippen molar-refractivity contribution < 1.29 is 104 Å². The molecular formula is C86H124N10O21. The number of primary amides is 1. The Labute approximate surface area is 683 Å². The summed E-state index contributed by atoms with van der Waals surface area (Å²) in [4.78, 5) is 63.6. The molecular weight excluding hydrogens is 1510 g/mol. The second kappa shape index (κ2) is 42.1. The van der Waals surface area contributed by atoms with Crippen molar-refractivity contribution in [3.63, 3.8) is 0 Å². The first-order valence-corrected chi connectivity index (χ1v) is 40.7. The number of carboxylic acid groups (broad SMARTS) is 1. The van der Waals surface area contributed by atoms with Crippen LogP contribution in [-0.4, -0.2) is 222 Å². The van der Waals surface area contributed by atoms with Crippen molar-refractivity contribution in [2.24, 2.45) is 40.2 Å². The minimum Gasteiger partial charge on any atom is -0.508 e. The van der Waals surface area contributed by atoms with E-state index in [9.17, 15) is 64.8 Å². The first kappa shape index (κ1) is 93.6. The van der Waals surface area contributed by atoms with Crippen LogP contribution in [0.15, 0.2) is 97.1 Å². The standard InChI is InChI=1S/C27H29NO11.C20H31NO.C11H18N6O4.C11H17NO.C9H17NO2.C6H6O.C2H6O/c1-10-22(31)13(28)6-17(38-10)39-15-8-27(36,16(30)9-29)7-12-19(15)26(35)21-20(24(12)33)23(32)11-4-3-5-14(37-2)18(11)25(21)34;22-20(18-10-4-1-5-11-18,19-12-6-2-7-13-19)14-17-21-15-8-3-9-16-21;12-7-4-1-2-10(19,20)11(4)6(16-8(13)17-11)5(15-7)3-21-9(14)18;1-8-5-4-6-9(2)11(8)13-7-10(3)12;10-7-9(6-8(11)12)4-2-1-3-5-9;7-6-4-2-1-3-5-6;1-2-3/h3-5,10,13,15,17,22,29,31,33,35-36H,6-9,28H2,1-2H3;1,4-5,10-11,19,22H,2-3,6-9,12-17H2;4-6,19-20H,1-3H2,(H2,12,15)(H2,14,18)(H3,13,16,17);4-6,10H,7,12H2,1-3H3;1-7,10H2,(H,11,12);1-5,7H;3H,2H2,1H3/t10-,13-,15-,17-,22+,27-;;4?,5?,6-,11+;;;;/m0.0..../s1. The number of aromatic hydroxyl groups is 3. The average Bonchev–Trinajstić information content (AvgIpc) is 1.59. The minimum absolute atomic E-state index is 0.0173. The molecule has 5 aromatic rings. The number of hydrogen-bond acceptors (Lipinski definition) is 26. The van der Waals surface area contributed by atoms with Gasteiger partial charge in [0.15, 0.2) is 29.6 Å². The quantitative estimate of drug-likeness (QED) is 0.0323. The summed E-state index contributed by atoms with van der Waals surface area (Å²) in [6.07, 6.45) is 11.4. The number of aliphatic hydroxyl groups is 7. The van der Waals surface area contributed by atoms with Crippen molar-refractivity contribution in [1.29, 1.82) is 10.8 Å². The molecule has 0 bridgehead atoms. The van der Waals surface area contributed by atoms with Crippen LogP contribution in [0.25, 0.3) is 0 Å². The molecule has 5 aliphatic carbocycles. The molecule has 3 saturated carbocycles. The van der Waals surface area contributed by atoms with Crippen LogP contribution in [-0.2, 0) is 35.8 Å². The summed E-state index contributed by atoms with van der Waals surface area (Å²) < 4.78 is 27.4. The lowest BCUT2D eigenvalue weighted by Gasteiger charge is -2.49. The van der Waals surface area contributed by atoms with E-state index in [1.807, 2.05) is 45.0 Å². The second-order valence-electron chi connectivity index (χ2n) is 32.1. The van der Waals surface area contributed by atoms with E-state index < -0.39 is 143 Å². The molecule has 7 fully saturated rings. The van der Waals surface area contributed by atoms with Crippen molar-refractivity contribution in [2.45, 2.75) is 234 Å². The van der Waals surface area contributed by atoms with Gasteiger partial charge in [0.1, 0.15) is 59.7 Å². The number of para-hydroxylation sites is 2. The van der Waals surface area contributed by atoms with E-state index in [0.29, 0.717) is 31.2 Å². The third kappa shape index (κ3) is 22.5. The normalized spacial score (nSPS) is 25.9. The molecule has 644 valence electrons. The number of nitrogens with two attached hydrogens (primary N) is 4. The zero-order valence-corrected chi connectivity index (χ0v) is 68.1. The van der Waals surface area contributed by atoms with Gasteiger partial charge < -0.3 is 124 Å². The number of methoxy groups -OCH3 is 1. The molecule has 9 aliphatic rings. The third-order valence-corrected chi connectivity index (χ3v) is 23.8. The first-order chi connectivity index (χ1) is 55.6. The minimum atomic E-state index is -2.24. The molecule has 1 amide bonds. The number of aliphatic carboxylic acids is 1. The SMILES string of the molecule is CCO.COc1cccc2c1C(=O)c1c(O)c3c(c(O)c1C2=O)C[C@@](O)(C(=O)CO)C[C@@H]3O[C@H]1C[C@H](N)[C@H](O)[C@H](C)O1.Cc1cccc(C)c1OCC(C)N.N=C1N[C@H]2C(COC(N)=O)NC(=N)C3CCC(O)(O)[C@@]32N1.NCC1(CC(=O)O)CCCCC1.OC(CCN1CCCCC1)(c1ccccc1)C1CCCCC1.Oc1ccccc1. The van der Waals surface area contributed by atoms with Crippen molar-refractivity contribution in [1.82, 2.24) is 20.9 Å². The number of amides is 1. The van der Waals surface area contributed by atoms with E-state index in [2.05, 4.69) is 51.2 Å². The van der Waals surface area contributed by atoms with Crippen molar-refractivity contribution in [3.05, 3.63) is 147 Å². The van der Waals surface area contributed by atoms with Crippen LogP contribution >= 0.6 is 0 Å². The molecule has 24 N–H and O–H groups in total. The number of aryl methyl sites for hydroxylation is 2. The lowest BCUT2D eigenvalue weighted by molar-refractivity contribution is -0.247. The number of rotatable bonds is 18. The number of carbonyl (C=O) groups excluding carboxylic acids is 4. The van der Waals surface area contributed by atoms with Crippen molar-refractivity contribution >= 4 is 41.2 Å². The summed E-state index contributed by atoms with van der Waals surface area (Å²) in [6, 6.07) is 27.8. The van der Waals surface area contributed by atoms with Crippen molar-refractivity contribution in [3.8, 4) is 28.7 Å². The Hall–Kier alpha value is -8.93. The van der Waals surface area contributed by atoms with E-state index in [4.69, 9.17) is 72.8 Å². The van der Waals surface area contributed by atoms with Gasteiger partial charge in [-0.05, 0) is 152 Å². The molecule has 1 spiro atoms. The van der Waals surface area contributed by atoms with Gasteiger partial charge in [-0.1, -0.05) is 124 Å². The van der Waals surface area contributed by atoms with E-state index in [-0.39, 0.29) is 83.7 Å². The van der Waals surface area contributed by atoms with E-state index in [0.717, 1.165) is 50.0 Å². The smallest absolute Gasteiger partial charge is 0.404 e. The summed E-state index contributed by atoms with van der Waals surface area (Å²) in [7, 11) is 1.32. The molecule has 5 aromatic carbocycles. The fourth-order valence-corrected chi connectivity index (χ4v) is 17.7. The zero-order chi connectivity index (χ0) is 85.7. The Kier molecular flexibility index (Phi) is 33.7. The third-order valence-electron chi connectivity index (χ3n) is 23.8. The lowest BCUT2D eigenvalue weighted by atomic mass is 9.71. The topological polar surface area (TPSA) is 545 Å². The number of piperidine rings is 2. The van der Waals surface area contributed by atoms with Gasteiger partial charge in [-0.25, -0.2) is 4.79 Å². The number of phenols is 3. The van der Waals surface area contributed by atoms with Gasteiger partial charge >= 0.3 is 12.1 Å². The Morgan fingerprint density at radius 1 is 0.786 bits per heavy atom. The molecule has 31 heteroatoms. The molecule has 117 heavy (non-hydrogen) atoms. The Balaban J connectivity index is 0.000000188. The molecule has 4 saturated heterocycles. The van der Waals surface area contributed by atoms with Crippen LogP contribution < -0.4 is 48.4 Å². The molecule has 0 aromatic heterocycles. The number of benzene rings is 5. The molecule has 4 unspecified atom stereocenters. The Morgan fingerprint density at radius 2 is 1.38 bits per heavy atom. The number of carbonyl (C=O) groups is 5. The number of nitrogens with one attached hydrogen (secondary N) is 5. The van der Waals surface area contributed by atoms with Gasteiger partial charge in [-0.3, -0.25) is 30.0 Å². The maximum Gasteiger partial charge on any atom is 0.404 e. The zero-order valence-electron chi connectivity index (χ0n) is 68.1.